The van der Waals surface area contributed by atoms with Crippen molar-refractivity contribution < 1.29 is 9.63 Å². The predicted molar refractivity (Wildman–Crippen MR) is 62.1 cm³/mol. The van der Waals surface area contributed by atoms with Crippen molar-refractivity contribution in [3.05, 3.63) is 30.3 Å². The Morgan fingerprint density at radius 3 is 2.36 bits per heavy atom. The van der Waals surface area contributed by atoms with E-state index in [2.05, 4.69) is 0 Å². The first-order chi connectivity index (χ1) is 6.58. The summed E-state index contributed by atoms with van der Waals surface area (Å²) >= 11 is 0. The molecule has 0 aliphatic carbocycles. The molecule has 0 fully saturated rings. The maximum atomic E-state index is 9.29. The minimum absolute atomic E-state index is 0.0284. The Labute approximate surface area is 87.1 Å². The standard InChI is InChI=1S/C10H15BO2P/c1-9(2)13-14(11,8-12)10-6-4-3-5-7-10/h3-7,9,12H,8H2,1-2H3/q+1. The summed E-state index contributed by atoms with van der Waals surface area (Å²) in [5.74, 6) is 0. The lowest BCUT2D eigenvalue weighted by Crippen LogP contribution is -2.19. The van der Waals surface area contributed by atoms with Gasteiger partial charge in [0.1, 0.15) is 12.7 Å². The van der Waals surface area contributed by atoms with E-state index in [0.717, 1.165) is 5.30 Å². The second kappa shape index (κ2) is 4.93. The van der Waals surface area contributed by atoms with E-state index in [1.807, 2.05) is 44.2 Å². The fourth-order valence-corrected chi connectivity index (χ4v) is 3.01. The molecule has 0 aromatic heterocycles. The first-order valence-corrected chi connectivity index (χ1v) is 6.56. The molecule has 1 N–H and O–H groups in total. The highest BCUT2D eigenvalue weighted by molar-refractivity contribution is 7.99. The number of hydrogen-bond acceptors (Lipinski definition) is 2. The predicted octanol–water partition coefficient (Wildman–Crippen LogP) is 1.70. The molecule has 0 aliphatic heterocycles. The zero-order valence-electron chi connectivity index (χ0n) is 8.55. The zero-order valence-corrected chi connectivity index (χ0v) is 9.45. The van der Waals surface area contributed by atoms with Crippen LogP contribution in [0.5, 0.6) is 0 Å². The molecule has 2 radical (unpaired) electrons. The van der Waals surface area contributed by atoms with Gasteiger partial charge in [-0.05, 0) is 26.0 Å². The van der Waals surface area contributed by atoms with Gasteiger partial charge in [-0.2, -0.15) is 0 Å². The molecule has 1 unspecified atom stereocenters. The topological polar surface area (TPSA) is 29.5 Å². The third kappa shape index (κ3) is 2.81. The second-order valence-corrected chi connectivity index (χ2v) is 6.03. The van der Waals surface area contributed by atoms with Gasteiger partial charge in [0.05, 0.1) is 6.10 Å². The summed E-state index contributed by atoms with van der Waals surface area (Å²) in [6.07, 6.45) is -0.0875. The molecule has 0 saturated carbocycles. The van der Waals surface area contributed by atoms with Gasteiger partial charge in [0.2, 0.25) is 0 Å². The molecule has 0 bridgehead atoms. The Kier molecular flexibility index (Phi) is 4.12. The first kappa shape index (κ1) is 11.7. The maximum absolute atomic E-state index is 9.29. The lowest BCUT2D eigenvalue weighted by Gasteiger charge is -2.21. The minimum atomic E-state index is -2.30. The van der Waals surface area contributed by atoms with Crippen LogP contribution >= 0.6 is 7.37 Å². The van der Waals surface area contributed by atoms with Gasteiger partial charge < -0.3 is 5.11 Å². The van der Waals surface area contributed by atoms with E-state index in [-0.39, 0.29) is 12.5 Å². The Bertz CT molecular complexity index is 279. The average molecular weight is 209 g/mol. The van der Waals surface area contributed by atoms with Gasteiger partial charge in [0.15, 0.2) is 6.35 Å². The van der Waals surface area contributed by atoms with Gasteiger partial charge in [-0.1, -0.05) is 18.2 Å². The fraction of sp³-hybridized carbons (Fsp3) is 0.400. The van der Waals surface area contributed by atoms with Crippen LogP contribution in [0.15, 0.2) is 30.3 Å². The number of aliphatic hydroxyl groups excluding tert-OH is 1. The number of hydrogen-bond donors (Lipinski definition) is 1. The normalized spacial score (nSPS) is 15.4. The van der Waals surface area contributed by atoms with Crippen LogP contribution in [0.3, 0.4) is 0 Å². The molecule has 4 heteroatoms. The van der Waals surface area contributed by atoms with E-state index < -0.39 is 7.37 Å². The molecule has 0 heterocycles. The van der Waals surface area contributed by atoms with Crippen molar-refractivity contribution >= 4 is 20.2 Å². The second-order valence-electron chi connectivity index (χ2n) is 3.43. The number of aliphatic hydroxyl groups is 1. The molecular weight excluding hydrogens is 194 g/mol. The van der Waals surface area contributed by atoms with Gasteiger partial charge >= 0.3 is 7.57 Å². The summed E-state index contributed by atoms with van der Waals surface area (Å²) in [6.45, 7) is 3.83. The summed E-state index contributed by atoms with van der Waals surface area (Å²) in [7, 11) is 3.76. The maximum Gasteiger partial charge on any atom is 0.411 e. The van der Waals surface area contributed by atoms with Crippen molar-refractivity contribution in [2.45, 2.75) is 20.0 Å². The minimum Gasteiger partial charge on any atom is -0.361 e. The van der Waals surface area contributed by atoms with Crippen molar-refractivity contribution in [1.82, 2.24) is 0 Å². The number of rotatable bonds is 4. The highest BCUT2D eigenvalue weighted by atomic mass is 31.2. The highest BCUT2D eigenvalue weighted by Crippen LogP contribution is 2.53. The average Bonchev–Trinajstić information content (AvgIpc) is 2.18. The molecule has 1 aromatic rings. The van der Waals surface area contributed by atoms with E-state index in [0.29, 0.717) is 0 Å². The van der Waals surface area contributed by atoms with E-state index in [4.69, 9.17) is 12.1 Å². The van der Waals surface area contributed by atoms with Crippen LogP contribution in [0.1, 0.15) is 13.8 Å². The van der Waals surface area contributed by atoms with E-state index >= 15 is 0 Å². The monoisotopic (exact) mass is 209 g/mol. The van der Waals surface area contributed by atoms with Crippen molar-refractivity contribution in [3.63, 3.8) is 0 Å². The van der Waals surface area contributed by atoms with Crippen molar-refractivity contribution in [2.75, 3.05) is 6.35 Å². The molecule has 74 valence electrons. The van der Waals surface area contributed by atoms with Crippen LogP contribution < -0.4 is 5.30 Å². The molecule has 1 aromatic carbocycles. The van der Waals surface area contributed by atoms with Crippen molar-refractivity contribution in [2.24, 2.45) is 0 Å². The first-order valence-electron chi connectivity index (χ1n) is 4.60. The Hall–Kier alpha value is -0.365. The molecule has 14 heavy (non-hydrogen) atoms. The SMILES string of the molecule is [B][P+](CO)(OC(C)C)c1ccccc1. The molecule has 0 spiro atoms. The molecule has 1 atom stereocenters. The fourth-order valence-electron chi connectivity index (χ4n) is 1.23. The third-order valence-corrected chi connectivity index (χ3v) is 4.19. The summed E-state index contributed by atoms with van der Waals surface area (Å²) in [4.78, 5) is 0. The summed E-state index contributed by atoms with van der Waals surface area (Å²) in [5, 5.41) is 10.2. The van der Waals surface area contributed by atoms with E-state index in [9.17, 15) is 5.11 Å². The third-order valence-electron chi connectivity index (χ3n) is 1.80. The van der Waals surface area contributed by atoms with Crippen molar-refractivity contribution in [3.8, 4) is 0 Å². The summed E-state index contributed by atoms with van der Waals surface area (Å²) in [5.41, 5.74) is 0. The van der Waals surface area contributed by atoms with Crippen LogP contribution in [0.4, 0.5) is 0 Å². The summed E-state index contributed by atoms with van der Waals surface area (Å²) < 4.78 is 5.61. The molecule has 0 saturated heterocycles. The molecule has 2 nitrogen and oxygen atoms in total. The lowest BCUT2D eigenvalue weighted by atomic mass is 10.4. The van der Waals surface area contributed by atoms with Gasteiger partial charge in [-0.3, -0.25) is 0 Å². The van der Waals surface area contributed by atoms with Gasteiger partial charge in [-0.15, -0.1) is 0 Å². The zero-order chi connectivity index (χ0) is 10.6. The smallest absolute Gasteiger partial charge is 0.361 e. The highest BCUT2D eigenvalue weighted by Gasteiger charge is 2.37. The number of benzene rings is 1. The Balaban J connectivity index is 2.90. The largest absolute Gasteiger partial charge is 0.411 e. The quantitative estimate of drug-likeness (QED) is 0.604. The van der Waals surface area contributed by atoms with Crippen LogP contribution in [0.25, 0.3) is 0 Å². The van der Waals surface area contributed by atoms with Crippen LogP contribution in [0.2, 0.25) is 0 Å². The Morgan fingerprint density at radius 2 is 1.93 bits per heavy atom. The van der Waals surface area contributed by atoms with Crippen LogP contribution in [-0.4, -0.2) is 25.1 Å². The molecule has 1 rings (SSSR count). The van der Waals surface area contributed by atoms with Crippen LogP contribution in [-0.2, 0) is 4.52 Å². The molecule has 0 aliphatic rings. The van der Waals surface area contributed by atoms with E-state index in [1.165, 1.54) is 0 Å². The van der Waals surface area contributed by atoms with Gasteiger partial charge in [0.25, 0.3) is 0 Å². The van der Waals surface area contributed by atoms with Gasteiger partial charge in [0, 0.05) is 0 Å². The van der Waals surface area contributed by atoms with Gasteiger partial charge in [-0.25, -0.2) is 4.52 Å². The Morgan fingerprint density at radius 1 is 1.36 bits per heavy atom. The molecular formula is C10H15BO2P+. The van der Waals surface area contributed by atoms with Crippen molar-refractivity contribution in [1.29, 1.82) is 0 Å². The summed E-state index contributed by atoms with van der Waals surface area (Å²) in [6, 6.07) is 9.51. The van der Waals surface area contributed by atoms with Crippen LogP contribution in [0, 0.1) is 0 Å². The van der Waals surface area contributed by atoms with E-state index in [1.54, 1.807) is 0 Å². The molecule has 0 amide bonds. The lowest BCUT2D eigenvalue weighted by molar-refractivity contribution is 0.252.